The Bertz CT molecular complexity index is 1460. The molecule has 5 heterocycles. The van der Waals surface area contributed by atoms with Crippen LogP contribution in [0.15, 0.2) is 31.0 Å². The van der Waals surface area contributed by atoms with Gasteiger partial charge < -0.3 is 14.7 Å². The number of ether oxygens (including phenoxy) is 1. The van der Waals surface area contributed by atoms with Gasteiger partial charge in [-0.15, -0.1) is 0 Å². The molecule has 2 saturated heterocycles. The molecular formula is C29H34N6O2. The zero-order valence-electron chi connectivity index (χ0n) is 22.1. The van der Waals surface area contributed by atoms with Gasteiger partial charge >= 0.3 is 0 Å². The Kier molecular flexibility index (Phi) is 5.46. The van der Waals surface area contributed by atoms with Crippen LogP contribution in [0.1, 0.15) is 42.7 Å². The van der Waals surface area contributed by atoms with Crippen molar-refractivity contribution in [3.05, 3.63) is 53.4 Å². The van der Waals surface area contributed by atoms with E-state index in [0.717, 1.165) is 77.3 Å². The van der Waals surface area contributed by atoms with Gasteiger partial charge in [0.2, 0.25) is 0 Å². The molecular weight excluding hydrogens is 464 g/mol. The van der Waals surface area contributed by atoms with Crippen molar-refractivity contribution in [2.45, 2.75) is 52.0 Å². The third-order valence-corrected chi connectivity index (χ3v) is 8.44. The summed E-state index contributed by atoms with van der Waals surface area (Å²) in [7, 11) is 1.95. The first-order chi connectivity index (χ1) is 17.6. The molecule has 1 unspecified atom stereocenters. The van der Waals surface area contributed by atoms with Gasteiger partial charge in [-0.05, 0) is 38.8 Å². The fourth-order valence-corrected chi connectivity index (χ4v) is 6.50. The molecule has 1 aromatic carbocycles. The number of likely N-dealkylation sites (tertiary alicyclic amines) is 1. The van der Waals surface area contributed by atoms with Gasteiger partial charge in [0.15, 0.2) is 0 Å². The van der Waals surface area contributed by atoms with Crippen molar-refractivity contribution in [2.75, 3.05) is 31.1 Å². The lowest BCUT2D eigenvalue weighted by Crippen LogP contribution is -2.60. The molecule has 1 N–H and O–H groups in total. The van der Waals surface area contributed by atoms with Crippen LogP contribution in [0.5, 0.6) is 0 Å². The highest BCUT2D eigenvalue weighted by Gasteiger charge is 2.49. The minimum atomic E-state index is -0.604. The predicted octanol–water partition coefficient (Wildman–Crippen LogP) is 3.68. The largest absolute Gasteiger partial charge is 0.375 e. The lowest BCUT2D eigenvalue weighted by molar-refractivity contribution is -0.0786. The van der Waals surface area contributed by atoms with Gasteiger partial charge in [-0.25, -0.2) is 4.98 Å². The van der Waals surface area contributed by atoms with E-state index in [1.807, 2.05) is 22.8 Å². The average Bonchev–Trinajstić information content (AvgIpc) is 3.46. The number of benzene rings is 1. The molecule has 192 valence electrons. The Morgan fingerprint density at radius 1 is 1.24 bits per heavy atom. The first-order valence-electron chi connectivity index (χ1n) is 13.0. The molecule has 1 spiro atoms. The summed E-state index contributed by atoms with van der Waals surface area (Å²) in [6, 6.07) is 6.76. The molecule has 0 amide bonds. The molecule has 2 aromatic heterocycles. The zero-order chi connectivity index (χ0) is 26.1. The molecule has 3 aromatic rings. The van der Waals surface area contributed by atoms with Crippen LogP contribution in [0.2, 0.25) is 0 Å². The molecule has 8 heteroatoms. The third kappa shape index (κ3) is 3.76. The Balaban J connectivity index is 1.51. The average molecular weight is 499 g/mol. The second-order valence-corrected chi connectivity index (χ2v) is 11.6. The highest BCUT2D eigenvalue weighted by atomic mass is 16.5. The van der Waals surface area contributed by atoms with E-state index < -0.39 is 6.23 Å². The highest BCUT2D eigenvalue weighted by molar-refractivity contribution is 5.99. The molecule has 1 atom stereocenters. The lowest BCUT2D eigenvalue weighted by Gasteiger charge is -2.49. The second kappa shape index (κ2) is 8.38. The van der Waals surface area contributed by atoms with Crippen LogP contribution in [0.25, 0.3) is 22.0 Å². The van der Waals surface area contributed by atoms with E-state index in [0.29, 0.717) is 18.6 Å². The molecule has 0 saturated carbocycles. The minimum absolute atomic E-state index is 0.106. The van der Waals surface area contributed by atoms with Gasteiger partial charge in [0.05, 0.1) is 29.6 Å². The maximum Gasteiger partial charge on any atom is 0.147 e. The molecule has 0 radical (unpaired) electrons. The van der Waals surface area contributed by atoms with Gasteiger partial charge in [0.1, 0.15) is 23.7 Å². The third-order valence-electron chi connectivity index (χ3n) is 8.44. The van der Waals surface area contributed by atoms with Crippen LogP contribution in [0.4, 0.5) is 5.82 Å². The number of aryl methyl sites for hydroxylation is 2. The number of rotatable bonds is 4. The van der Waals surface area contributed by atoms with E-state index in [2.05, 4.69) is 55.6 Å². The SMILES string of the molecule is C=CC(O)N1CC2(CCN(c3nc4c(c(-c5c(C)ccc6cnn(C)c56)c3C#N)COC(C)(C)C4)C2)C1. The van der Waals surface area contributed by atoms with E-state index in [1.54, 1.807) is 6.08 Å². The summed E-state index contributed by atoms with van der Waals surface area (Å²) in [5, 5.41) is 26.4. The molecule has 0 bridgehead atoms. The Morgan fingerprint density at radius 3 is 2.76 bits per heavy atom. The van der Waals surface area contributed by atoms with Crippen molar-refractivity contribution in [1.82, 2.24) is 19.7 Å². The Labute approximate surface area is 217 Å². The van der Waals surface area contributed by atoms with Gasteiger partial charge in [0.25, 0.3) is 0 Å². The smallest absolute Gasteiger partial charge is 0.147 e. The van der Waals surface area contributed by atoms with Crippen LogP contribution in [-0.2, 0) is 24.8 Å². The van der Waals surface area contributed by atoms with Crippen LogP contribution >= 0.6 is 0 Å². The van der Waals surface area contributed by atoms with Gasteiger partial charge in [-0.3, -0.25) is 9.58 Å². The first-order valence-corrected chi connectivity index (χ1v) is 13.0. The number of fused-ring (bicyclic) bond motifs is 2. The van der Waals surface area contributed by atoms with E-state index in [9.17, 15) is 10.4 Å². The summed E-state index contributed by atoms with van der Waals surface area (Å²) in [5.74, 6) is 0.770. The van der Waals surface area contributed by atoms with Crippen molar-refractivity contribution in [2.24, 2.45) is 12.5 Å². The second-order valence-electron chi connectivity index (χ2n) is 11.6. The Hall–Kier alpha value is -3.25. The molecule has 3 aliphatic rings. The van der Waals surface area contributed by atoms with Crippen LogP contribution in [-0.4, -0.2) is 62.8 Å². The maximum atomic E-state index is 10.6. The van der Waals surface area contributed by atoms with Crippen LogP contribution < -0.4 is 4.90 Å². The number of aliphatic hydroxyl groups is 1. The predicted molar refractivity (Wildman–Crippen MR) is 143 cm³/mol. The summed E-state index contributed by atoms with van der Waals surface area (Å²) in [5.41, 5.74) is 6.50. The number of hydrogen-bond donors (Lipinski definition) is 1. The molecule has 3 aliphatic heterocycles. The van der Waals surface area contributed by atoms with E-state index in [-0.39, 0.29) is 11.0 Å². The summed E-state index contributed by atoms with van der Waals surface area (Å²) >= 11 is 0. The standard InChI is InChI=1S/C29H34N6O2/c1-6-23(36)35-16-29(17-35)9-10-34(15-29)27-20(12-30)25(21-14-37-28(3,4)11-22(21)32-27)24-18(2)7-8-19-13-31-33(5)26(19)24/h6-8,13,23,36H,1,9-11,14-17H2,2-5H3. The highest BCUT2D eigenvalue weighted by Crippen LogP contribution is 2.46. The number of pyridine rings is 1. The number of nitrogens with zero attached hydrogens (tertiary/aromatic N) is 6. The van der Waals surface area contributed by atoms with Crippen LogP contribution in [0, 0.1) is 23.7 Å². The molecule has 2 fully saturated rings. The zero-order valence-corrected chi connectivity index (χ0v) is 22.1. The van der Waals surface area contributed by atoms with Crippen molar-refractivity contribution < 1.29 is 9.84 Å². The molecule has 37 heavy (non-hydrogen) atoms. The van der Waals surface area contributed by atoms with E-state index in [4.69, 9.17) is 9.72 Å². The van der Waals surface area contributed by atoms with Crippen molar-refractivity contribution in [3.63, 3.8) is 0 Å². The molecule has 6 rings (SSSR count). The Morgan fingerprint density at radius 2 is 2.03 bits per heavy atom. The van der Waals surface area contributed by atoms with E-state index in [1.165, 1.54) is 0 Å². The first kappa shape index (κ1) is 24.1. The number of anilines is 1. The summed E-state index contributed by atoms with van der Waals surface area (Å²) in [6.07, 6.45) is 4.55. The monoisotopic (exact) mass is 498 g/mol. The van der Waals surface area contributed by atoms with Crippen LogP contribution in [0.3, 0.4) is 0 Å². The fraction of sp³-hybridized carbons (Fsp3) is 0.483. The van der Waals surface area contributed by atoms with Crippen molar-refractivity contribution >= 4 is 16.7 Å². The summed E-state index contributed by atoms with van der Waals surface area (Å²) in [4.78, 5) is 9.52. The van der Waals surface area contributed by atoms with Gasteiger partial charge in [0, 0.05) is 67.1 Å². The van der Waals surface area contributed by atoms with Crippen molar-refractivity contribution in [1.29, 1.82) is 5.26 Å². The summed E-state index contributed by atoms with van der Waals surface area (Å²) in [6.45, 7) is 13.7. The van der Waals surface area contributed by atoms with E-state index >= 15 is 0 Å². The fourth-order valence-electron chi connectivity index (χ4n) is 6.50. The number of aromatic nitrogens is 3. The van der Waals surface area contributed by atoms with Gasteiger partial charge in [-0.2, -0.15) is 10.4 Å². The minimum Gasteiger partial charge on any atom is -0.375 e. The number of hydrogen-bond acceptors (Lipinski definition) is 7. The normalized spacial score (nSPS) is 21.0. The topological polar surface area (TPSA) is 90.4 Å². The maximum absolute atomic E-state index is 10.6. The number of aliphatic hydroxyl groups excluding tert-OH is 1. The molecule has 0 aliphatic carbocycles. The van der Waals surface area contributed by atoms with Gasteiger partial charge in [-0.1, -0.05) is 18.7 Å². The summed E-state index contributed by atoms with van der Waals surface area (Å²) < 4.78 is 8.16. The molecule has 8 nitrogen and oxygen atoms in total. The van der Waals surface area contributed by atoms with Crippen molar-refractivity contribution in [3.8, 4) is 17.2 Å². The lowest BCUT2D eigenvalue weighted by atomic mass is 9.79. The number of nitriles is 1. The quantitative estimate of drug-likeness (QED) is 0.549.